The summed E-state index contributed by atoms with van der Waals surface area (Å²) in [4.78, 5) is 18.2. The van der Waals surface area contributed by atoms with Crippen molar-refractivity contribution in [1.82, 2.24) is 9.80 Å². The summed E-state index contributed by atoms with van der Waals surface area (Å²) in [6.07, 6.45) is 0. The van der Waals surface area contributed by atoms with Crippen LogP contribution in [0.4, 0.5) is 11.4 Å². The van der Waals surface area contributed by atoms with Gasteiger partial charge < -0.3 is 15.7 Å². The molecule has 0 bridgehead atoms. The molecule has 3 N–H and O–H groups in total. The molecule has 0 spiro atoms. The van der Waals surface area contributed by atoms with Crippen molar-refractivity contribution in [2.45, 2.75) is 39.4 Å². The van der Waals surface area contributed by atoms with Crippen molar-refractivity contribution in [1.29, 1.82) is 0 Å². The van der Waals surface area contributed by atoms with Crippen molar-refractivity contribution in [3.05, 3.63) is 77.9 Å². The number of benzene rings is 3. The fourth-order valence-corrected chi connectivity index (χ4v) is 5.24. The van der Waals surface area contributed by atoms with Gasteiger partial charge in [0.2, 0.25) is 0 Å². The van der Waals surface area contributed by atoms with Crippen LogP contribution in [-0.4, -0.2) is 59.6 Å². The van der Waals surface area contributed by atoms with Crippen LogP contribution in [0.15, 0.2) is 66.7 Å². The molecule has 3 aromatic rings. The standard InChI is InChI=1S/C29H36N4O2/c1-5-33-20(2)17-32(18-21(33)3)19-24-15-23(11-13-26(24)22-9-7-6-8-10-22)29(35)31-25-12-14-28(34)27(16-25)30-4/h6-16,20-21,30,34H,5,17-19H2,1-4H3,(H,31,35)/t20-,21+. The fourth-order valence-electron chi connectivity index (χ4n) is 5.24. The summed E-state index contributed by atoms with van der Waals surface area (Å²) < 4.78 is 0. The molecule has 184 valence electrons. The lowest BCUT2D eigenvalue weighted by Gasteiger charge is -2.44. The van der Waals surface area contributed by atoms with E-state index >= 15 is 0 Å². The maximum absolute atomic E-state index is 13.2. The number of carbonyl (C=O) groups is 1. The number of aromatic hydroxyl groups is 1. The summed E-state index contributed by atoms with van der Waals surface area (Å²) in [7, 11) is 1.73. The molecule has 3 aromatic carbocycles. The molecular weight excluding hydrogens is 436 g/mol. The molecule has 1 saturated heterocycles. The second kappa shape index (κ2) is 10.9. The number of carbonyl (C=O) groups excluding carboxylic acids is 1. The second-order valence-electron chi connectivity index (χ2n) is 9.40. The van der Waals surface area contributed by atoms with Crippen LogP contribution in [0.2, 0.25) is 0 Å². The Morgan fingerprint density at radius 1 is 1.00 bits per heavy atom. The lowest BCUT2D eigenvalue weighted by molar-refractivity contribution is 0.0392. The lowest BCUT2D eigenvalue weighted by atomic mass is 9.96. The number of nitrogens with zero attached hydrogens (tertiary/aromatic N) is 2. The van der Waals surface area contributed by atoms with Crippen LogP contribution in [0.25, 0.3) is 11.1 Å². The number of hydrogen-bond donors (Lipinski definition) is 3. The third kappa shape index (κ3) is 5.66. The molecule has 6 nitrogen and oxygen atoms in total. The largest absolute Gasteiger partial charge is 0.506 e. The van der Waals surface area contributed by atoms with Crippen molar-refractivity contribution in [2.24, 2.45) is 0 Å². The zero-order valence-corrected chi connectivity index (χ0v) is 21.1. The third-order valence-corrected chi connectivity index (χ3v) is 6.91. The summed E-state index contributed by atoms with van der Waals surface area (Å²) in [6, 6.07) is 22.3. The summed E-state index contributed by atoms with van der Waals surface area (Å²) in [5.74, 6) is -0.0252. The Bertz CT molecular complexity index is 1150. The molecule has 0 unspecified atom stereocenters. The van der Waals surface area contributed by atoms with E-state index in [0.29, 0.717) is 29.0 Å². The van der Waals surface area contributed by atoms with Crippen LogP contribution < -0.4 is 10.6 Å². The number of nitrogens with one attached hydrogen (secondary N) is 2. The number of anilines is 2. The van der Waals surface area contributed by atoms with Crippen molar-refractivity contribution < 1.29 is 9.90 Å². The van der Waals surface area contributed by atoms with E-state index < -0.39 is 0 Å². The zero-order chi connectivity index (χ0) is 24.9. The van der Waals surface area contributed by atoms with Crippen LogP contribution in [0.3, 0.4) is 0 Å². The van der Waals surface area contributed by atoms with E-state index in [0.717, 1.165) is 42.9 Å². The van der Waals surface area contributed by atoms with Gasteiger partial charge in [-0.25, -0.2) is 0 Å². The van der Waals surface area contributed by atoms with Gasteiger partial charge in [-0.05, 0) is 67.4 Å². The second-order valence-corrected chi connectivity index (χ2v) is 9.40. The highest BCUT2D eigenvalue weighted by atomic mass is 16.3. The van der Waals surface area contributed by atoms with E-state index in [2.05, 4.69) is 59.4 Å². The quantitative estimate of drug-likeness (QED) is 0.323. The Hall–Kier alpha value is -3.35. The van der Waals surface area contributed by atoms with Crippen molar-refractivity contribution in [3.8, 4) is 16.9 Å². The van der Waals surface area contributed by atoms with E-state index in [1.54, 1.807) is 25.2 Å². The minimum absolute atomic E-state index is 0.145. The molecule has 1 amide bonds. The summed E-state index contributed by atoms with van der Waals surface area (Å²) in [5.41, 5.74) is 5.27. The van der Waals surface area contributed by atoms with E-state index in [4.69, 9.17) is 0 Å². The Balaban J connectivity index is 1.62. The molecule has 6 heteroatoms. The first-order valence-electron chi connectivity index (χ1n) is 12.4. The van der Waals surface area contributed by atoms with Gasteiger partial charge >= 0.3 is 0 Å². The fraction of sp³-hybridized carbons (Fsp3) is 0.345. The minimum Gasteiger partial charge on any atom is -0.506 e. The predicted molar refractivity (Wildman–Crippen MR) is 144 cm³/mol. The van der Waals surface area contributed by atoms with Crippen molar-refractivity contribution in [3.63, 3.8) is 0 Å². The molecule has 35 heavy (non-hydrogen) atoms. The molecule has 2 atom stereocenters. The van der Waals surface area contributed by atoms with Crippen LogP contribution in [0.5, 0.6) is 5.75 Å². The highest BCUT2D eigenvalue weighted by Crippen LogP contribution is 2.29. The summed E-state index contributed by atoms with van der Waals surface area (Å²) >= 11 is 0. The number of piperazine rings is 1. The van der Waals surface area contributed by atoms with Gasteiger partial charge in [-0.3, -0.25) is 14.6 Å². The molecule has 1 heterocycles. The van der Waals surface area contributed by atoms with Crippen LogP contribution in [0.1, 0.15) is 36.7 Å². The van der Waals surface area contributed by atoms with Gasteiger partial charge in [0.25, 0.3) is 5.91 Å². The van der Waals surface area contributed by atoms with Gasteiger partial charge in [-0.2, -0.15) is 0 Å². The van der Waals surface area contributed by atoms with Gasteiger partial charge in [0.05, 0.1) is 5.69 Å². The number of phenolic OH excluding ortho intramolecular Hbond substituents is 1. The molecule has 4 rings (SSSR count). The monoisotopic (exact) mass is 472 g/mol. The Kier molecular flexibility index (Phi) is 7.73. The number of phenols is 1. The van der Waals surface area contributed by atoms with Gasteiger partial charge in [-0.1, -0.05) is 43.3 Å². The SMILES string of the molecule is CCN1[C@H](C)CN(Cc2cc(C(=O)Nc3ccc(O)c(NC)c3)ccc2-c2ccccc2)C[C@@H]1C. The molecule has 1 aliphatic heterocycles. The highest BCUT2D eigenvalue weighted by molar-refractivity contribution is 6.05. The normalized spacial score (nSPS) is 18.9. The van der Waals surface area contributed by atoms with Gasteiger partial charge in [0, 0.05) is 50.0 Å². The third-order valence-electron chi connectivity index (χ3n) is 6.91. The smallest absolute Gasteiger partial charge is 0.255 e. The maximum atomic E-state index is 13.2. The first-order chi connectivity index (χ1) is 16.9. The molecule has 0 radical (unpaired) electrons. The van der Waals surface area contributed by atoms with Gasteiger partial charge in [0.1, 0.15) is 5.75 Å². The highest BCUT2D eigenvalue weighted by Gasteiger charge is 2.28. The van der Waals surface area contributed by atoms with Crippen molar-refractivity contribution in [2.75, 3.05) is 37.3 Å². The summed E-state index contributed by atoms with van der Waals surface area (Å²) in [6.45, 7) is 10.7. The van der Waals surface area contributed by atoms with E-state index in [-0.39, 0.29) is 11.7 Å². The number of amides is 1. The molecule has 1 aliphatic rings. The van der Waals surface area contributed by atoms with E-state index in [1.165, 1.54) is 0 Å². The van der Waals surface area contributed by atoms with Gasteiger partial charge in [0.15, 0.2) is 0 Å². The molecule has 0 aromatic heterocycles. The number of likely N-dealkylation sites (N-methyl/N-ethyl adjacent to an activating group) is 1. The molecule has 0 saturated carbocycles. The van der Waals surface area contributed by atoms with E-state index in [9.17, 15) is 9.90 Å². The topological polar surface area (TPSA) is 67.8 Å². The Morgan fingerprint density at radius 3 is 2.37 bits per heavy atom. The minimum atomic E-state index is -0.170. The maximum Gasteiger partial charge on any atom is 0.255 e. The number of hydrogen-bond acceptors (Lipinski definition) is 5. The predicted octanol–water partition coefficient (Wildman–Crippen LogP) is 5.27. The number of rotatable bonds is 7. The molecule has 0 aliphatic carbocycles. The lowest BCUT2D eigenvalue weighted by Crippen LogP contribution is -2.56. The molecular formula is C29H36N4O2. The average Bonchev–Trinajstić information content (AvgIpc) is 2.85. The Labute approximate surface area is 208 Å². The van der Waals surface area contributed by atoms with Gasteiger partial charge in [-0.15, -0.1) is 0 Å². The van der Waals surface area contributed by atoms with Crippen LogP contribution in [0, 0.1) is 0 Å². The summed E-state index contributed by atoms with van der Waals surface area (Å²) in [5, 5.41) is 15.8. The molecule has 1 fully saturated rings. The van der Waals surface area contributed by atoms with Crippen molar-refractivity contribution >= 4 is 17.3 Å². The zero-order valence-electron chi connectivity index (χ0n) is 21.1. The first kappa shape index (κ1) is 24.8. The first-order valence-corrected chi connectivity index (χ1v) is 12.4. The Morgan fingerprint density at radius 2 is 1.71 bits per heavy atom. The average molecular weight is 473 g/mol. The van der Waals surface area contributed by atoms with E-state index in [1.807, 2.05) is 30.3 Å². The van der Waals surface area contributed by atoms with Crippen LogP contribution in [-0.2, 0) is 6.54 Å². The van der Waals surface area contributed by atoms with Crippen LogP contribution >= 0.6 is 0 Å².